The van der Waals surface area contributed by atoms with Crippen molar-refractivity contribution in [2.24, 2.45) is 11.7 Å². The number of nitrogens with one attached hydrogen (secondary N) is 1. The van der Waals surface area contributed by atoms with E-state index in [9.17, 15) is 4.79 Å². The normalized spacial score (nSPS) is 12.9. The Morgan fingerprint density at radius 2 is 1.95 bits per heavy atom. The number of benzene rings is 2. The SMILES string of the molecule is CC(C)COc1ccccc1-n1nc2c(c1-c1cc(F)c(NC(N)=O)cc1F)CN(c1ncc(Cl)cc1Cl)CC2. The molecule has 0 saturated heterocycles. The van der Waals surface area contributed by atoms with Crippen molar-refractivity contribution in [3.63, 3.8) is 0 Å². The van der Waals surface area contributed by atoms with Gasteiger partial charge >= 0.3 is 6.03 Å². The van der Waals surface area contributed by atoms with Crippen molar-refractivity contribution in [2.75, 3.05) is 23.4 Å². The van der Waals surface area contributed by atoms with Gasteiger partial charge < -0.3 is 20.7 Å². The van der Waals surface area contributed by atoms with Crippen LogP contribution in [0.2, 0.25) is 10.0 Å². The van der Waals surface area contributed by atoms with Crippen molar-refractivity contribution in [1.29, 1.82) is 0 Å². The lowest BCUT2D eigenvalue weighted by atomic mass is 9.99. The van der Waals surface area contributed by atoms with Gasteiger partial charge in [-0.3, -0.25) is 0 Å². The Morgan fingerprint density at radius 3 is 2.67 bits per heavy atom. The number of ether oxygens (including phenoxy) is 1. The van der Waals surface area contributed by atoms with Crippen molar-refractivity contribution in [3.8, 4) is 22.7 Å². The number of primary amides is 1. The van der Waals surface area contributed by atoms with Gasteiger partial charge in [0.05, 0.1) is 33.7 Å². The highest BCUT2D eigenvalue weighted by molar-refractivity contribution is 6.36. The second kappa shape index (κ2) is 11.3. The lowest BCUT2D eigenvalue weighted by molar-refractivity contribution is 0.259. The van der Waals surface area contributed by atoms with Gasteiger partial charge in [-0.05, 0) is 30.2 Å². The lowest BCUT2D eigenvalue weighted by Crippen LogP contribution is -2.31. The van der Waals surface area contributed by atoms with Crippen LogP contribution in [-0.4, -0.2) is 33.9 Å². The fourth-order valence-electron chi connectivity index (χ4n) is 4.61. The molecule has 4 aromatic rings. The first-order chi connectivity index (χ1) is 19.1. The molecule has 208 valence electrons. The van der Waals surface area contributed by atoms with Crippen LogP contribution in [0.3, 0.4) is 0 Å². The summed E-state index contributed by atoms with van der Waals surface area (Å²) in [6.45, 7) is 5.34. The Morgan fingerprint density at radius 1 is 1.18 bits per heavy atom. The molecule has 0 fully saturated rings. The van der Waals surface area contributed by atoms with Gasteiger partial charge in [-0.2, -0.15) is 5.10 Å². The van der Waals surface area contributed by atoms with E-state index in [1.807, 2.05) is 43.0 Å². The van der Waals surface area contributed by atoms with Gasteiger partial charge in [-0.15, -0.1) is 0 Å². The minimum absolute atomic E-state index is 0.0445. The summed E-state index contributed by atoms with van der Waals surface area (Å²) in [5, 5.41) is 7.73. The van der Waals surface area contributed by atoms with Gasteiger partial charge in [0, 0.05) is 42.9 Å². The Hall–Kier alpha value is -3.89. The van der Waals surface area contributed by atoms with Gasteiger partial charge in [-0.25, -0.2) is 23.2 Å². The predicted molar refractivity (Wildman–Crippen MR) is 151 cm³/mol. The molecule has 0 radical (unpaired) electrons. The van der Waals surface area contributed by atoms with Crippen molar-refractivity contribution >= 4 is 40.7 Å². The Kier molecular flexibility index (Phi) is 7.82. The topological polar surface area (TPSA) is 98.3 Å². The van der Waals surface area contributed by atoms with Crippen LogP contribution in [-0.2, 0) is 13.0 Å². The number of anilines is 2. The predicted octanol–water partition coefficient (Wildman–Crippen LogP) is 6.61. The summed E-state index contributed by atoms with van der Waals surface area (Å²) in [5.41, 5.74) is 7.02. The minimum Gasteiger partial charge on any atom is -0.491 e. The second-order valence-corrected chi connectivity index (χ2v) is 10.6. The van der Waals surface area contributed by atoms with Crippen LogP contribution in [0.15, 0.2) is 48.7 Å². The third-order valence-corrected chi connectivity index (χ3v) is 6.84. The quantitative estimate of drug-likeness (QED) is 0.254. The highest BCUT2D eigenvalue weighted by atomic mass is 35.5. The molecule has 5 rings (SSSR count). The van der Waals surface area contributed by atoms with E-state index in [4.69, 9.17) is 38.8 Å². The summed E-state index contributed by atoms with van der Waals surface area (Å²) in [7, 11) is 0. The zero-order chi connectivity index (χ0) is 28.6. The molecule has 0 aliphatic carbocycles. The number of hydrogen-bond acceptors (Lipinski definition) is 5. The molecular formula is C28H26Cl2F2N6O2. The van der Waals surface area contributed by atoms with Crippen LogP contribution >= 0.6 is 23.2 Å². The third kappa shape index (κ3) is 5.55. The summed E-state index contributed by atoms with van der Waals surface area (Å²) in [6.07, 6.45) is 2.00. The van der Waals surface area contributed by atoms with Gasteiger partial charge in [-0.1, -0.05) is 49.2 Å². The van der Waals surface area contributed by atoms with Crippen LogP contribution in [0.1, 0.15) is 25.1 Å². The second-order valence-electron chi connectivity index (χ2n) is 9.79. The number of para-hydroxylation sites is 2. The fourth-order valence-corrected chi connectivity index (χ4v) is 5.11. The highest BCUT2D eigenvalue weighted by Gasteiger charge is 2.30. The van der Waals surface area contributed by atoms with Crippen LogP contribution < -0.4 is 20.7 Å². The van der Waals surface area contributed by atoms with Gasteiger partial charge in [0.1, 0.15) is 28.9 Å². The highest BCUT2D eigenvalue weighted by Crippen LogP contribution is 2.39. The molecule has 0 bridgehead atoms. The number of rotatable bonds is 7. The lowest BCUT2D eigenvalue weighted by Gasteiger charge is -2.28. The van der Waals surface area contributed by atoms with E-state index in [0.717, 1.165) is 12.1 Å². The molecular weight excluding hydrogens is 561 g/mol. The number of nitrogens with zero attached hydrogens (tertiary/aromatic N) is 4. The van der Waals surface area contributed by atoms with E-state index < -0.39 is 17.7 Å². The Balaban J connectivity index is 1.69. The number of urea groups is 1. The smallest absolute Gasteiger partial charge is 0.316 e. The van der Waals surface area contributed by atoms with Crippen molar-refractivity contribution in [1.82, 2.24) is 14.8 Å². The zero-order valence-electron chi connectivity index (χ0n) is 21.7. The molecule has 40 heavy (non-hydrogen) atoms. The van der Waals surface area contributed by atoms with Crippen molar-refractivity contribution in [3.05, 3.63) is 81.6 Å². The molecule has 1 aliphatic heterocycles. The number of pyridine rings is 1. The van der Waals surface area contributed by atoms with E-state index in [-0.39, 0.29) is 23.7 Å². The maximum atomic E-state index is 15.7. The molecule has 0 atom stereocenters. The maximum Gasteiger partial charge on any atom is 0.316 e. The first-order valence-electron chi connectivity index (χ1n) is 12.6. The van der Waals surface area contributed by atoms with Crippen LogP contribution in [0.25, 0.3) is 16.9 Å². The molecule has 0 saturated carbocycles. The number of carbonyl (C=O) groups excluding carboxylic acids is 1. The Bertz CT molecular complexity index is 1590. The molecule has 12 heteroatoms. The van der Waals surface area contributed by atoms with E-state index in [2.05, 4.69) is 10.3 Å². The number of aromatic nitrogens is 3. The first-order valence-corrected chi connectivity index (χ1v) is 13.3. The molecule has 2 aromatic carbocycles. The van der Waals surface area contributed by atoms with Crippen LogP contribution in [0, 0.1) is 17.6 Å². The molecule has 8 nitrogen and oxygen atoms in total. The Labute approximate surface area is 239 Å². The van der Waals surface area contributed by atoms with Crippen molar-refractivity contribution < 1.29 is 18.3 Å². The minimum atomic E-state index is -1.01. The van der Waals surface area contributed by atoms with Gasteiger partial charge in [0.2, 0.25) is 0 Å². The standard InChI is InChI=1S/C28H26Cl2F2N6O2/c1-15(2)14-40-25-6-4-3-5-24(25)38-26(17-10-21(32)23(11-20(17)31)35-28(33)39)18-13-37(8-7-22(18)36-38)27-19(30)9-16(29)12-34-27/h3-6,9-12,15H,7-8,13-14H2,1-2H3,(H3,33,35,39). The molecule has 3 heterocycles. The van der Waals surface area contributed by atoms with Crippen LogP contribution in [0.5, 0.6) is 5.75 Å². The number of fused-ring (bicyclic) bond motifs is 1. The number of nitrogens with two attached hydrogens (primary N) is 1. The summed E-state index contributed by atoms with van der Waals surface area (Å²) < 4.78 is 38.5. The van der Waals surface area contributed by atoms with E-state index >= 15 is 8.78 Å². The summed E-state index contributed by atoms with van der Waals surface area (Å²) >= 11 is 12.5. The van der Waals surface area contributed by atoms with Gasteiger partial charge in [0.25, 0.3) is 0 Å². The summed E-state index contributed by atoms with van der Waals surface area (Å²) in [4.78, 5) is 17.6. The third-order valence-electron chi connectivity index (χ3n) is 6.36. The van der Waals surface area contributed by atoms with E-state index in [1.165, 1.54) is 6.20 Å². The molecule has 2 amide bonds. The molecule has 0 unspecified atom stereocenters. The summed E-state index contributed by atoms with van der Waals surface area (Å²) in [5.74, 6) is -0.292. The van der Waals surface area contributed by atoms with Crippen molar-refractivity contribution in [2.45, 2.75) is 26.8 Å². The van der Waals surface area contributed by atoms with Gasteiger partial charge in [0.15, 0.2) is 0 Å². The molecule has 0 spiro atoms. The van der Waals surface area contributed by atoms with E-state index in [0.29, 0.717) is 63.8 Å². The monoisotopic (exact) mass is 586 g/mol. The number of carbonyl (C=O) groups is 1. The number of halogens is 4. The van der Waals surface area contributed by atoms with E-state index in [1.54, 1.807) is 10.7 Å². The zero-order valence-corrected chi connectivity index (χ0v) is 23.2. The fraction of sp³-hybridized carbons (Fsp3) is 0.250. The maximum absolute atomic E-state index is 15.7. The average molecular weight is 587 g/mol. The average Bonchev–Trinajstić information content (AvgIpc) is 3.27. The molecule has 2 aromatic heterocycles. The molecule has 3 N–H and O–H groups in total. The number of hydrogen-bond donors (Lipinski definition) is 2. The summed E-state index contributed by atoms with van der Waals surface area (Å²) in [6, 6.07) is 9.80. The largest absolute Gasteiger partial charge is 0.491 e. The van der Waals surface area contributed by atoms with Crippen LogP contribution in [0.4, 0.5) is 25.1 Å². The molecule has 1 aliphatic rings. The first kappa shape index (κ1) is 27.7. The number of amides is 2.